The minimum absolute atomic E-state index is 0.0513. The second kappa shape index (κ2) is 9.78. The van der Waals surface area contributed by atoms with Gasteiger partial charge in [0.2, 0.25) is 5.91 Å². The summed E-state index contributed by atoms with van der Waals surface area (Å²) >= 11 is 1.28. The van der Waals surface area contributed by atoms with Crippen molar-refractivity contribution in [1.82, 2.24) is 4.98 Å². The molecule has 1 amide bonds. The van der Waals surface area contributed by atoms with Crippen LogP contribution in [0.3, 0.4) is 0 Å². The summed E-state index contributed by atoms with van der Waals surface area (Å²) in [4.78, 5) is 27.1. The number of thioether (sulfide) groups is 1. The third-order valence-electron chi connectivity index (χ3n) is 4.98. The molecule has 0 atom stereocenters. The largest absolute Gasteiger partial charge is 0.465 e. The lowest BCUT2D eigenvalue weighted by Crippen LogP contribution is -2.14. The molecule has 0 bridgehead atoms. The van der Waals surface area contributed by atoms with Crippen LogP contribution in [0.25, 0.3) is 21.8 Å². The highest BCUT2D eigenvalue weighted by Gasteiger charge is 2.19. The highest BCUT2D eigenvalue weighted by Crippen LogP contribution is 2.36. The monoisotopic (exact) mass is 497 g/mol. The van der Waals surface area contributed by atoms with Gasteiger partial charge in [-0.15, -0.1) is 11.8 Å². The number of anilines is 2. The van der Waals surface area contributed by atoms with Crippen molar-refractivity contribution < 1.29 is 22.7 Å². The van der Waals surface area contributed by atoms with Gasteiger partial charge in [0.15, 0.2) is 0 Å². The van der Waals surface area contributed by atoms with Crippen molar-refractivity contribution in [2.75, 3.05) is 22.4 Å². The zero-order chi connectivity index (χ0) is 24.3. The quantitative estimate of drug-likeness (QED) is 0.239. The second-order valence-corrected chi connectivity index (χ2v) is 10.2. The van der Waals surface area contributed by atoms with Crippen LogP contribution in [0.15, 0.2) is 70.5 Å². The Morgan fingerprint density at radius 3 is 2.47 bits per heavy atom. The number of hydrogen-bond donors (Lipinski definition) is 3. The fourth-order valence-corrected chi connectivity index (χ4v) is 5.39. The summed E-state index contributed by atoms with van der Waals surface area (Å²) in [6.45, 7) is 3.42. The lowest BCUT2D eigenvalue weighted by atomic mass is 10.1. The van der Waals surface area contributed by atoms with E-state index in [2.05, 4.69) is 15.0 Å². The normalized spacial score (nSPS) is 11.5. The standard InChI is InChI=1S/C24H23N3O5S2/c1-3-32-23(29)14-33-17-12-20-19-6-4-5-7-21(19)26-24(20)22(13-17)27-34(30,31)18-10-8-16(9-11-18)25-15(2)28/h4-13,26-27H,3,14H2,1-2H3,(H,25,28). The lowest BCUT2D eigenvalue weighted by Gasteiger charge is -2.12. The van der Waals surface area contributed by atoms with E-state index in [0.29, 0.717) is 23.5 Å². The minimum atomic E-state index is -3.93. The Kier molecular flexibility index (Phi) is 6.80. The van der Waals surface area contributed by atoms with Crippen LogP contribution in [0.5, 0.6) is 0 Å². The molecule has 10 heteroatoms. The smallest absolute Gasteiger partial charge is 0.316 e. The van der Waals surface area contributed by atoms with Gasteiger partial charge in [-0.1, -0.05) is 18.2 Å². The Morgan fingerprint density at radius 2 is 1.76 bits per heavy atom. The number of carbonyl (C=O) groups excluding carboxylic acids is 2. The van der Waals surface area contributed by atoms with Crippen LogP contribution in [0.4, 0.5) is 11.4 Å². The molecular formula is C24H23N3O5S2. The van der Waals surface area contributed by atoms with E-state index in [4.69, 9.17) is 4.74 Å². The van der Waals surface area contributed by atoms with Crippen LogP contribution < -0.4 is 10.0 Å². The van der Waals surface area contributed by atoms with Crippen LogP contribution >= 0.6 is 11.8 Å². The van der Waals surface area contributed by atoms with E-state index in [1.165, 1.54) is 43.0 Å². The van der Waals surface area contributed by atoms with Gasteiger partial charge in [-0.05, 0) is 49.4 Å². The molecule has 8 nitrogen and oxygen atoms in total. The van der Waals surface area contributed by atoms with E-state index in [-0.39, 0.29) is 22.5 Å². The summed E-state index contributed by atoms with van der Waals surface area (Å²) in [6, 6.07) is 17.2. The van der Waals surface area contributed by atoms with Crippen molar-refractivity contribution in [1.29, 1.82) is 0 Å². The highest BCUT2D eigenvalue weighted by atomic mass is 32.2. The number of esters is 1. The number of H-pyrrole nitrogens is 1. The van der Waals surface area contributed by atoms with Crippen molar-refractivity contribution in [3.05, 3.63) is 60.7 Å². The molecule has 4 aromatic rings. The van der Waals surface area contributed by atoms with Crippen molar-refractivity contribution in [2.24, 2.45) is 0 Å². The molecule has 0 saturated heterocycles. The number of nitrogens with one attached hydrogen (secondary N) is 3. The number of ether oxygens (including phenoxy) is 1. The van der Waals surface area contributed by atoms with E-state index >= 15 is 0 Å². The molecule has 0 aliphatic carbocycles. The Hall–Kier alpha value is -3.50. The van der Waals surface area contributed by atoms with Crippen LogP contribution in [-0.4, -0.2) is 37.6 Å². The maximum atomic E-state index is 13.2. The topological polar surface area (TPSA) is 117 Å². The molecule has 1 aromatic heterocycles. The molecule has 0 aliphatic rings. The fourth-order valence-electron chi connectivity index (χ4n) is 3.56. The highest BCUT2D eigenvalue weighted by molar-refractivity contribution is 8.00. The van der Waals surface area contributed by atoms with E-state index in [1.807, 2.05) is 30.3 Å². The molecule has 0 spiro atoms. The molecule has 0 aliphatic heterocycles. The summed E-state index contributed by atoms with van der Waals surface area (Å²) in [7, 11) is -3.93. The Morgan fingerprint density at radius 1 is 1.03 bits per heavy atom. The van der Waals surface area contributed by atoms with Crippen LogP contribution in [0.2, 0.25) is 0 Å². The first-order valence-corrected chi connectivity index (χ1v) is 13.0. The van der Waals surface area contributed by atoms with Crippen LogP contribution in [0.1, 0.15) is 13.8 Å². The predicted molar refractivity (Wildman–Crippen MR) is 135 cm³/mol. The molecule has 0 saturated carbocycles. The SMILES string of the molecule is CCOC(=O)CSc1cc(NS(=O)(=O)c2ccc(NC(C)=O)cc2)c2[nH]c3ccccc3c2c1. The van der Waals surface area contributed by atoms with Gasteiger partial charge in [0.25, 0.3) is 10.0 Å². The molecule has 34 heavy (non-hydrogen) atoms. The van der Waals surface area contributed by atoms with Crippen LogP contribution in [-0.2, 0) is 24.3 Å². The molecule has 4 rings (SSSR count). The van der Waals surface area contributed by atoms with Gasteiger partial charge < -0.3 is 15.0 Å². The van der Waals surface area contributed by atoms with E-state index in [9.17, 15) is 18.0 Å². The number of fused-ring (bicyclic) bond motifs is 3. The van der Waals surface area contributed by atoms with E-state index in [0.717, 1.165) is 21.2 Å². The van der Waals surface area contributed by atoms with Gasteiger partial charge >= 0.3 is 5.97 Å². The minimum Gasteiger partial charge on any atom is -0.465 e. The number of aromatic amines is 1. The van der Waals surface area contributed by atoms with E-state index in [1.54, 1.807) is 13.0 Å². The molecule has 176 valence electrons. The first-order valence-electron chi connectivity index (χ1n) is 10.5. The van der Waals surface area contributed by atoms with Gasteiger partial charge in [0.1, 0.15) is 0 Å². The zero-order valence-corrected chi connectivity index (χ0v) is 20.2. The molecule has 0 fully saturated rings. The molecular weight excluding hydrogens is 474 g/mol. The number of para-hydroxylation sites is 1. The lowest BCUT2D eigenvalue weighted by molar-refractivity contribution is -0.139. The average molecular weight is 498 g/mol. The Bertz CT molecular complexity index is 1480. The van der Waals surface area contributed by atoms with Gasteiger partial charge in [-0.25, -0.2) is 8.42 Å². The number of hydrogen-bond acceptors (Lipinski definition) is 6. The molecule has 0 unspecified atom stereocenters. The predicted octanol–water partition coefficient (Wildman–Crippen LogP) is 4.74. The number of benzene rings is 3. The third kappa shape index (κ3) is 5.18. The maximum absolute atomic E-state index is 13.2. The zero-order valence-electron chi connectivity index (χ0n) is 18.5. The number of carbonyl (C=O) groups is 2. The first kappa shape index (κ1) is 23.7. The van der Waals surface area contributed by atoms with Gasteiger partial charge in [0, 0.05) is 33.8 Å². The summed E-state index contributed by atoms with van der Waals surface area (Å²) in [6.07, 6.45) is 0. The van der Waals surface area contributed by atoms with Gasteiger partial charge in [-0.2, -0.15) is 0 Å². The number of aromatic nitrogens is 1. The van der Waals surface area contributed by atoms with Crippen molar-refractivity contribution in [3.8, 4) is 0 Å². The summed E-state index contributed by atoms with van der Waals surface area (Å²) in [5.41, 5.74) is 2.37. The average Bonchev–Trinajstić information content (AvgIpc) is 3.17. The number of sulfonamides is 1. The number of amides is 1. The number of rotatable bonds is 8. The third-order valence-corrected chi connectivity index (χ3v) is 7.31. The van der Waals surface area contributed by atoms with Gasteiger partial charge in [0.05, 0.1) is 28.5 Å². The molecule has 3 aromatic carbocycles. The fraction of sp³-hybridized carbons (Fsp3) is 0.167. The second-order valence-electron chi connectivity index (χ2n) is 7.47. The van der Waals surface area contributed by atoms with Crippen LogP contribution in [0, 0.1) is 0 Å². The molecule has 3 N–H and O–H groups in total. The maximum Gasteiger partial charge on any atom is 0.316 e. The van der Waals surface area contributed by atoms with Crippen molar-refractivity contribution >= 4 is 66.8 Å². The van der Waals surface area contributed by atoms with Crippen molar-refractivity contribution in [2.45, 2.75) is 23.6 Å². The Balaban J connectivity index is 1.72. The first-order chi connectivity index (χ1) is 16.3. The molecule has 1 heterocycles. The Labute approximate surface area is 201 Å². The van der Waals surface area contributed by atoms with E-state index < -0.39 is 10.0 Å². The van der Waals surface area contributed by atoms with Crippen molar-refractivity contribution in [3.63, 3.8) is 0 Å². The van der Waals surface area contributed by atoms with Gasteiger partial charge in [-0.3, -0.25) is 14.3 Å². The molecule has 0 radical (unpaired) electrons. The summed E-state index contributed by atoms with van der Waals surface area (Å²) in [5, 5.41) is 4.39. The summed E-state index contributed by atoms with van der Waals surface area (Å²) < 4.78 is 34.0. The summed E-state index contributed by atoms with van der Waals surface area (Å²) in [5.74, 6) is -0.474.